The minimum absolute atomic E-state index is 0.0144. The van der Waals surface area contributed by atoms with E-state index in [9.17, 15) is 24.0 Å². The zero-order chi connectivity index (χ0) is 38.9. The van der Waals surface area contributed by atoms with E-state index in [1.54, 1.807) is 36.4 Å². The van der Waals surface area contributed by atoms with Crippen molar-refractivity contribution in [2.75, 3.05) is 49.1 Å². The lowest BCUT2D eigenvalue weighted by molar-refractivity contribution is -0.136. The number of nitrogens with one attached hydrogen (secondary N) is 2. The topological polar surface area (TPSA) is 181 Å². The van der Waals surface area contributed by atoms with Crippen LogP contribution in [0.4, 0.5) is 11.5 Å². The number of amides is 5. The van der Waals surface area contributed by atoms with Crippen molar-refractivity contribution in [3.8, 4) is 11.8 Å². The van der Waals surface area contributed by atoms with Gasteiger partial charge in [0.25, 0.3) is 17.7 Å². The van der Waals surface area contributed by atoms with Crippen LogP contribution in [0.5, 0.6) is 5.75 Å². The molecule has 0 bridgehead atoms. The number of nitriles is 1. The van der Waals surface area contributed by atoms with Crippen LogP contribution in [0.25, 0.3) is 0 Å². The molecule has 4 aliphatic heterocycles. The van der Waals surface area contributed by atoms with Crippen LogP contribution in [-0.2, 0) is 9.59 Å². The van der Waals surface area contributed by atoms with Gasteiger partial charge in [0.15, 0.2) is 11.5 Å². The van der Waals surface area contributed by atoms with Crippen LogP contribution in [0.3, 0.4) is 0 Å². The molecule has 3 saturated heterocycles. The van der Waals surface area contributed by atoms with E-state index >= 15 is 0 Å². The fraction of sp³-hybridized carbons (Fsp3) is 0.450. The van der Waals surface area contributed by atoms with Crippen LogP contribution in [-0.4, -0.2) is 113 Å². The highest BCUT2D eigenvalue weighted by Crippen LogP contribution is 2.32. The first-order valence-corrected chi connectivity index (χ1v) is 19.6. The Morgan fingerprint density at radius 3 is 2.25 bits per heavy atom. The molecule has 8 rings (SSSR count). The van der Waals surface area contributed by atoms with Gasteiger partial charge in [-0.05, 0) is 87.4 Å². The van der Waals surface area contributed by atoms with Crippen molar-refractivity contribution in [3.63, 3.8) is 0 Å². The number of piperazine rings is 1. The van der Waals surface area contributed by atoms with Gasteiger partial charge in [-0.25, -0.2) is 0 Å². The Morgan fingerprint density at radius 2 is 1.57 bits per heavy atom. The maximum absolute atomic E-state index is 13.3. The zero-order valence-corrected chi connectivity index (χ0v) is 31.5. The molecule has 1 saturated carbocycles. The number of nitrogens with zero attached hydrogens (tertiary/aromatic N) is 7. The van der Waals surface area contributed by atoms with Crippen molar-refractivity contribution < 1.29 is 28.7 Å². The van der Waals surface area contributed by atoms with Crippen molar-refractivity contribution >= 4 is 52.6 Å². The van der Waals surface area contributed by atoms with Gasteiger partial charge < -0.3 is 19.9 Å². The Bertz CT molecular complexity index is 2080. The summed E-state index contributed by atoms with van der Waals surface area (Å²) in [5.41, 5.74) is 2.14. The molecule has 2 N–H and O–H groups in total. The molecular formula is C40H42ClN9O6. The smallest absolute Gasteiger partial charge is 0.272 e. The maximum Gasteiger partial charge on any atom is 0.272 e. The Labute approximate surface area is 328 Å². The van der Waals surface area contributed by atoms with Crippen molar-refractivity contribution in [1.82, 2.24) is 30.6 Å². The van der Waals surface area contributed by atoms with Gasteiger partial charge in [0.1, 0.15) is 17.9 Å². The number of ether oxygens (including phenoxy) is 1. The van der Waals surface area contributed by atoms with Gasteiger partial charge in [-0.1, -0.05) is 11.6 Å². The third-order valence-corrected chi connectivity index (χ3v) is 12.0. The Balaban J connectivity index is 0.772. The predicted molar refractivity (Wildman–Crippen MR) is 204 cm³/mol. The van der Waals surface area contributed by atoms with Crippen molar-refractivity contribution in [1.29, 1.82) is 5.26 Å². The number of fused-ring (bicyclic) bond motifs is 1. The van der Waals surface area contributed by atoms with Crippen LogP contribution in [0, 0.1) is 11.3 Å². The van der Waals surface area contributed by atoms with E-state index in [2.05, 4.69) is 35.5 Å². The van der Waals surface area contributed by atoms with Crippen LogP contribution in [0.15, 0.2) is 48.5 Å². The molecule has 290 valence electrons. The van der Waals surface area contributed by atoms with E-state index in [0.717, 1.165) is 94.2 Å². The molecule has 1 unspecified atom stereocenters. The minimum atomic E-state index is -0.982. The second-order valence-electron chi connectivity index (χ2n) is 15.0. The molecule has 16 heteroatoms. The highest BCUT2D eigenvalue weighted by Gasteiger charge is 2.45. The Kier molecular flexibility index (Phi) is 10.6. The average Bonchev–Trinajstić information content (AvgIpc) is 3.46. The van der Waals surface area contributed by atoms with Crippen molar-refractivity contribution in [2.24, 2.45) is 0 Å². The second-order valence-corrected chi connectivity index (χ2v) is 15.4. The van der Waals surface area contributed by atoms with Crippen molar-refractivity contribution in [3.05, 3.63) is 75.9 Å². The molecule has 1 aliphatic carbocycles. The van der Waals surface area contributed by atoms with Crippen LogP contribution in [0.2, 0.25) is 5.02 Å². The number of piperidine rings is 2. The maximum atomic E-state index is 13.3. The quantitative estimate of drug-likeness (QED) is 0.319. The van der Waals surface area contributed by atoms with Gasteiger partial charge in [0.05, 0.1) is 27.8 Å². The van der Waals surface area contributed by atoms with Gasteiger partial charge in [0.2, 0.25) is 11.8 Å². The molecule has 5 amide bonds. The van der Waals surface area contributed by atoms with Crippen LogP contribution in [0.1, 0.15) is 88.1 Å². The molecular weight excluding hydrogens is 738 g/mol. The summed E-state index contributed by atoms with van der Waals surface area (Å²) < 4.78 is 6.07. The normalized spacial score (nSPS) is 23.4. The highest BCUT2D eigenvalue weighted by atomic mass is 35.5. The summed E-state index contributed by atoms with van der Waals surface area (Å²) in [5, 5.41) is 23.5. The van der Waals surface area contributed by atoms with E-state index in [4.69, 9.17) is 21.6 Å². The number of hydrogen-bond donors (Lipinski definition) is 2. The fourth-order valence-corrected chi connectivity index (χ4v) is 8.73. The molecule has 5 heterocycles. The van der Waals surface area contributed by atoms with Gasteiger partial charge in [0, 0.05) is 69.5 Å². The summed E-state index contributed by atoms with van der Waals surface area (Å²) in [6.45, 7) is 4.93. The first kappa shape index (κ1) is 37.3. The number of carbonyl (C=O) groups is 5. The molecule has 0 spiro atoms. The number of anilines is 2. The molecule has 56 heavy (non-hydrogen) atoms. The van der Waals surface area contributed by atoms with Gasteiger partial charge in [-0.15, -0.1) is 10.2 Å². The van der Waals surface area contributed by atoms with Crippen LogP contribution < -0.4 is 25.2 Å². The summed E-state index contributed by atoms with van der Waals surface area (Å²) >= 11 is 6.14. The summed E-state index contributed by atoms with van der Waals surface area (Å²) in [7, 11) is 0. The Morgan fingerprint density at radius 1 is 0.821 bits per heavy atom. The van der Waals surface area contributed by atoms with Gasteiger partial charge >= 0.3 is 0 Å². The van der Waals surface area contributed by atoms with Gasteiger partial charge in [-0.2, -0.15) is 5.26 Å². The average molecular weight is 780 g/mol. The number of rotatable bonds is 8. The van der Waals surface area contributed by atoms with E-state index < -0.39 is 29.7 Å². The number of hydrogen-bond acceptors (Lipinski definition) is 12. The standard InChI is InChI=1S/C40H42ClN9O6/c41-32-22-29(5-1-24(32)23-42)56-28-6-2-25(3-7-28)43-37(52)33-9-11-35(46-45-33)49-15-13-26(14-16-49)47-17-19-48(20-18-47)27-4-8-30-31(21-27)40(55)50(39(30)54)34-10-12-36(51)44-38(34)53/h1,4-5,8-9,11,21-22,25-26,28,34H,2-3,6-7,10,12-20H2,(H,43,52)(H,44,51,53)/t25-,28-,34?. The molecule has 3 aromatic rings. The Hall–Kier alpha value is -5.59. The lowest BCUT2D eigenvalue weighted by Gasteiger charge is -2.43. The molecule has 5 aliphatic rings. The van der Waals surface area contributed by atoms with E-state index in [1.807, 2.05) is 18.2 Å². The van der Waals surface area contributed by atoms with Crippen molar-refractivity contribution in [2.45, 2.75) is 75.6 Å². The first-order valence-electron chi connectivity index (χ1n) is 19.3. The molecule has 2 aromatic carbocycles. The number of imide groups is 2. The second kappa shape index (κ2) is 15.9. The van der Waals surface area contributed by atoms with Gasteiger partial charge in [-0.3, -0.25) is 39.1 Å². The summed E-state index contributed by atoms with van der Waals surface area (Å²) in [6, 6.07) is 15.5. The molecule has 1 atom stereocenters. The zero-order valence-electron chi connectivity index (χ0n) is 30.8. The number of carbonyl (C=O) groups excluding carboxylic acids is 5. The molecule has 0 radical (unpaired) electrons. The number of benzene rings is 2. The summed E-state index contributed by atoms with van der Waals surface area (Å²) in [6.07, 6.45) is 5.30. The van der Waals surface area contributed by atoms with E-state index in [-0.39, 0.29) is 42.2 Å². The fourth-order valence-electron chi connectivity index (χ4n) is 8.51. The number of halogens is 1. The predicted octanol–water partition coefficient (Wildman–Crippen LogP) is 3.31. The third kappa shape index (κ3) is 7.63. The third-order valence-electron chi connectivity index (χ3n) is 11.7. The largest absolute Gasteiger partial charge is 0.490 e. The minimum Gasteiger partial charge on any atom is -0.490 e. The highest BCUT2D eigenvalue weighted by molar-refractivity contribution is 6.31. The lowest BCUT2D eigenvalue weighted by Crippen LogP contribution is -2.54. The van der Waals surface area contributed by atoms with E-state index in [0.29, 0.717) is 27.9 Å². The molecule has 4 fully saturated rings. The SMILES string of the molecule is N#Cc1ccc(O[C@H]2CC[C@H](NC(=O)c3ccc(N4CCC(N5CCN(c6ccc7c(c6)C(=O)N(C6CCC(=O)NC6=O)C7=O)CC5)CC4)nn3)CC2)cc1Cl. The molecule has 1 aromatic heterocycles. The lowest BCUT2D eigenvalue weighted by atomic mass is 9.93. The monoisotopic (exact) mass is 779 g/mol. The number of aromatic nitrogens is 2. The summed E-state index contributed by atoms with van der Waals surface area (Å²) in [5.74, 6) is -0.856. The summed E-state index contributed by atoms with van der Waals surface area (Å²) in [4.78, 5) is 71.4. The first-order chi connectivity index (χ1) is 27.1. The van der Waals surface area contributed by atoms with E-state index in [1.165, 1.54) is 0 Å². The molecule has 15 nitrogen and oxygen atoms in total. The van der Waals surface area contributed by atoms with Crippen LogP contribution >= 0.6 is 11.6 Å².